The Morgan fingerprint density at radius 1 is 1.07 bits per heavy atom. The van der Waals surface area contributed by atoms with Gasteiger partial charge in [-0.25, -0.2) is 4.79 Å². The molecule has 6 N–H and O–H groups in total. The maximum absolute atomic E-state index is 11.3. The maximum atomic E-state index is 11.3. The highest BCUT2D eigenvalue weighted by Crippen LogP contribution is 2.18. The predicted octanol–water partition coefficient (Wildman–Crippen LogP) is -0.619. The van der Waals surface area contributed by atoms with E-state index in [1.807, 2.05) is 0 Å². The van der Waals surface area contributed by atoms with Gasteiger partial charge in [-0.1, -0.05) is 0 Å². The monoisotopic (exact) mass is 192 g/mol. The van der Waals surface area contributed by atoms with Crippen LogP contribution < -0.4 is 22.7 Å². The standard InChI is InChI=1S/C8H8N4O2/c9-3-1-4-6(5(10)2-3)11-8(14)12-7(4)13/h1-2H,9-10H2,(H2,11,12,13,14). The minimum absolute atomic E-state index is 0.280. The highest BCUT2D eigenvalue weighted by Gasteiger charge is 2.04. The van der Waals surface area contributed by atoms with Crippen molar-refractivity contribution in [2.75, 3.05) is 11.5 Å². The van der Waals surface area contributed by atoms with Crippen LogP contribution in [0.1, 0.15) is 0 Å². The summed E-state index contributed by atoms with van der Waals surface area (Å²) in [5.74, 6) is 0. The smallest absolute Gasteiger partial charge is 0.326 e. The van der Waals surface area contributed by atoms with E-state index in [9.17, 15) is 9.59 Å². The molecule has 0 radical (unpaired) electrons. The lowest BCUT2D eigenvalue weighted by atomic mass is 10.2. The third-order valence-corrected chi connectivity index (χ3v) is 1.90. The fourth-order valence-electron chi connectivity index (χ4n) is 1.32. The van der Waals surface area contributed by atoms with E-state index in [4.69, 9.17) is 11.5 Å². The Kier molecular flexibility index (Phi) is 1.57. The van der Waals surface area contributed by atoms with Crippen LogP contribution in [-0.4, -0.2) is 9.97 Å². The molecule has 0 spiro atoms. The first-order chi connectivity index (χ1) is 6.58. The average Bonchev–Trinajstić information content (AvgIpc) is 2.07. The molecule has 0 amide bonds. The third-order valence-electron chi connectivity index (χ3n) is 1.90. The Morgan fingerprint density at radius 2 is 1.79 bits per heavy atom. The first-order valence-corrected chi connectivity index (χ1v) is 3.89. The van der Waals surface area contributed by atoms with Gasteiger partial charge in [-0.2, -0.15) is 0 Å². The highest BCUT2D eigenvalue weighted by atomic mass is 16.2. The zero-order valence-corrected chi connectivity index (χ0v) is 7.13. The molecular formula is C8H8N4O2. The highest BCUT2D eigenvalue weighted by molar-refractivity contribution is 5.91. The number of fused-ring (bicyclic) bond motifs is 1. The van der Waals surface area contributed by atoms with E-state index in [-0.39, 0.29) is 11.1 Å². The summed E-state index contributed by atoms with van der Waals surface area (Å²) < 4.78 is 0. The van der Waals surface area contributed by atoms with Crippen LogP contribution in [0.15, 0.2) is 21.7 Å². The van der Waals surface area contributed by atoms with E-state index >= 15 is 0 Å². The number of anilines is 2. The molecule has 14 heavy (non-hydrogen) atoms. The first kappa shape index (κ1) is 8.36. The minimum atomic E-state index is -0.584. The molecular weight excluding hydrogens is 184 g/mol. The van der Waals surface area contributed by atoms with Gasteiger partial charge >= 0.3 is 5.69 Å². The molecule has 2 rings (SSSR count). The minimum Gasteiger partial charge on any atom is -0.399 e. The lowest BCUT2D eigenvalue weighted by molar-refractivity contribution is 1.08. The van der Waals surface area contributed by atoms with Crippen molar-refractivity contribution < 1.29 is 0 Å². The van der Waals surface area contributed by atoms with Crippen LogP contribution in [0.4, 0.5) is 11.4 Å². The quantitative estimate of drug-likeness (QED) is 0.416. The molecule has 0 aliphatic heterocycles. The van der Waals surface area contributed by atoms with Gasteiger partial charge in [-0.15, -0.1) is 0 Å². The van der Waals surface area contributed by atoms with E-state index in [2.05, 4.69) is 9.97 Å². The molecule has 0 saturated heterocycles. The van der Waals surface area contributed by atoms with Crippen LogP contribution in [0.25, 0.3) is 10.9 Å². The molecule has 0 atom stereocenters. The Labute approximate surface area is 77.6 Å². The first-order valence-electron chi connectivity index (χ1n) is 3.89. The average molecular weight is 192 g/mol. The summed E-state index contributed by atoms with van der Waals surface area (Å²) in [5.41, 5.74) is 11.0. The van der Waals surface area contributed by atoms with Crippen molar-refractivity contribution >= 4 is 22.3 Å². The van der Waals surface area contributed by atoms with Gasteiger partial charge in [-0.05, 0) is 12.1 Å². The largest absolute Gasteiger partial charge is 0.399 e. The second-order valence-corrected chi connectivity index (χ2v) is 2.94. The molecule has 1 heterocycles. The SMILES string of the molecule is Nc1cc(N)c2[nH]c(=O)[nH]c(=O)c2c1. The number of H-pyrrole nitrogens is 2. The van der Waals surface area contributed by atoms with E-state index < -0.39 is 11.2 Å². The molecule has 0 unspecified atom stereocenters. The van der Waals surface area contributed by atoms with Crippen LogP contribution in [0, 0.1) is 0 Å². The Hall–Kier alpha value is -2.24. The molecule has 0 aliphatic carbocycles. The molecule has 0 aliphatic rings. The number of hydrogen-bond acceptors (Lipinski definition) is 4. The van der Waals surface area contributed by atoms with Gasteiger partial charge in [0.1, 0.15) is 0 Å². The number of aromatic amines is 2. The van der Waals surface area contributed by atoms with Crippen molar-refractivity contribution in [2.45, 2.75) is 0 Å². The molecule has 2 aromatic rings. The van der Waals surface area contributed by atoms with Crippen LogP contribution in [-0.2, 0) is 0 Å². The van der Waals surface area contributed by atoms with Crippen LogP contribution >= 0.6 is 0 Å². The number of nitrogen functional groups attached to an aromatic ring is 2. The fraction of sp³-hybridized carbons (Fsp3) is 0. The van der Waals surface area contributed by atoms with Crippen molar-refractivity contribution in [3.05, 3.63) is 33.0 Å². The Morgan fingerprint density at radius 3 is 2.50 bits per heavy atom. The van der Waals surface area contributed by atoms with E-state index in [1.54, 1.807) is 0 Å². The van der Waals surface area contributed by atoms with Gasteiger partial charge in [0.25, 0.3) is 5.56 Å². The zero-order chi connectivity index (χ0) is 10.3. The van der Waals surface area contributed by atoms with E-state index in [0.29, 0.717) is 11.2 Å². The Bertz CT molecular complexity index is 611. The summed E-state index contributed by atoms with van der Waals surface area (Å²) in [6.45, 7) is 0. The number of nitrogens with two attached hydrogens (primary N) is 2. The fourth-order valence-corrected chi connectivity index (χ4v) is 1.32. The van der Waals surface area contributed by atoms with E-state index in [0.717, 1.165) is 0 Å². The zero-order valence-electron chi connectivity index (χ0n) is 7.13. The van der Waals surface area contributed by atoms with Gasteiger partial charge < -0.3 is 16.5 Å². The summed E-state index contributed by atoms with van der Waals surface area (Å²) in [7, 11) is 0. The molecule has 0 fully saturated rings. The summed E-state index contributed by atoms with van der Waals surface area (Å²) in [4.78, 5) is 26.8. The normalized spacial score (nSPS) is 10.6. The number of hydrogen-bond donors (Lipinski definition) is 4. The van der Waals surface area contributed by atoms with Gasteiger partial charge in [-0.3, -0.25) is 9.78 Å². The van der Waals surface area contributed by atoms with Crippen molar-refractivity contribution in [1.29, 1.82) is 0 Å². The molecule has 0 bridgehead atoms. The molecule has 6 nitrogen and oxygen atoms in total. The summed E-state index contributed by atoms with van der Waals surface area (Å²) in [6.07, 6.45) is 0. The number of benzene rings is 1. The Balaban J connectivity index is 3.10. The second kappa shape index (κ2) is 2.63. The maximum Gasteiger partial charge on any atom is 0.326 e. The molecule has 72 valence electrons. The van der Waals surface area contributed by atoms with Crippen LogP contribution in [0.2, 0.25) is 0 Å². The van der Waals surface area contributed by atoms with Gasteiger partial charge in [0, 0.05) is 5.69 Å². The van der Waals surface area contributed by atoms with Crippen LogP contribution in [0.5, 0.6) is 0 Å². The molecule has 1 aromatic carbocycles. The van der Waals surface area contributed by atoms with Crippen molar-refractivity contribution in [3.8, 4) is 0 Å². The molecule has 1 aromatic heterocycles. The van der Waals surface area contributed by atoms with Crippen molar-refractivity contribution in [2.24, 2.45) is 0 Å². The summed E-state index contributed by atoms with van der Waals surface area (Å²) >= 11 is 0. The lowest BCUT2D eigenvalue weighted by Crippen LogP contribution is -2.22. The number of aromatic nitrogens is 2. The van der Waals surface area contributed by atoms with Gasteiger partial charge in [0.2, 0.25) is 0 Å². The predicted molar refractivity (Wildman–Crippen MR) is 54.0 cm³/mol. The summed E-state index contributed by atoms with van der Waals surface area (Å²) in [6, 6.07) is 2.94. The van der Waals surface area contributed by atoms with Crippen LogP contribution in [0.3, 0.4) is 0 Å². The number of nitrogens with one attached hydrogen (secondary N) is 2. The second-order valence-electron chi connectivity index (χ2n) is 2.94. The van der Waals surface area contributed by atoms with Gasteiger partial charge in [0.15, 0.2) is 0 Å². The van der Waals surface area contributed by atoms with Gasteiger partial charge in [0.05, 0.1) is 16.6 Å². The van der Waals surface area contributed by atoms with Crippen molar-refractivity contribution in [3.63, 3.8) is 0 Å². The topological polar surface area (TPSA) is 118 Å². The number of rotatable bonds is 0. The van der Waals surface area contributed by atoms with Crippen molar-refractivity contribution in [1.82, 2.24) is 9.97 Å². The van der Waals surface area contributed by atoms with E-state index in [1.165, 1.54) is 12.1 Å². The molecule has 0 saturated carbocycles. The molecule has 6 heteroatoms. The lowest BCUT2D eigenvalue weighted by Gasteiger charge is -2.01. The third kappa shape index (κ3) is 1.13. The summed E-state index contributed by atoms with van der Waals surface area (Å²) in [5, 5.41) is 0.280.